The zero-order valence-electron chi connectivity index (χ0n) is 13.4. The van der Waals surface area contributed by atoms with Crippen molar-refractivity contribution >= 4 is 25.3 Å². The second-order valence-electron chi connectivity index (χ2n) is 5.27. The Bertz CT molecular complexity index is 571. The first-order valence-corrected chi connectivity index (χ1v) is 8.78. The molecule has 1 aromatic carbocycles. The lowest BCUT2D eigenvalue weighted by Crippen LogP contribution is -2.17. The van der Waals surface area contributed by atoms with E-state index in [0.29, 0.717) is 6.42 Å². The number of carbonyl (C=O) groups excluding carboxylic acids is 1. The largest absolute Gasteiger partial charge is 0.342 e. The van der Waals surface area contributed by atoms with Crippen LogP contribution in [-0.2, 0) is 19.1 Å². The van der Waals surface area contributed by atoms with Crippen molar-refractivity contribution in [2.75, 3.05) is 21.1 Å². The average molecular weight is 348 g/mol. The van der Waals surface area contributed by atoms with Crippen LogP contribution in [0.1, 0.15) is 18.4 Å². The highest BCUT2D eigenvalue weighted by Gasteiger charge is 2.20. The Morgan fingerprint density at radius 2 is 1.91 bits per heavy atom. The Hall–Kier alpha value is -1.01. The molecule has 22 heavy (non-hydrogen) atoms. The first kappa shape index (κ1) is 21.0. The molecule has 0 amide bonds. The lowest BCUT2D eigenvalue weighted by Gasteiger charge is -2.07. The normalized spacial score (nSPS) is 12.3. The maximum Gasteiger partial charge on any atom is 0.341 e. The molecule has 0 aliphatic carbocycles. The van der Waals surface area contributed by atoms with Crippen LogP contribution in [0.4, 0.5) is 0 Å². The van der Waals surface area contributed by atoms with Crippen LogP contribution in [0, 0.1) is 6.92 Å². The minimum absolute atomic E-state index is 0.0222. The van der Waals surface area contributed by atoms with Crippen LogP contribution in [-0.4, -0.2) is 46.2 Å². The zero-order chi connectivity index (χ0) is 17.3. The van der Waals surface area contributed by atoms with E-state index in [1.54, 1.807) is 19.1 Å². The number of benzene rings is 1. The zero-order valence-corrected chi connectivity index (χ0v) is 15.4. The second kappa shape index (κ2) is 9.90. The molecule has 0 fully saturated rings. The molecule has 1 rings (SSSR count). The van der Waals surface area contributed by atoms with Gasteiger partial charge in [-0.05, 0) is 52.2 Å². The molecule has 8 heteroatoms. The van der Waals surface area contributed by atoms with Crippen molar-refractivity contribution in [3.8, 4) is 0 Å². The average Bonchev–Trinajstić information content (AvgIpc) is 2.35. The number of rotatable bonds is 5. The predicted octanol–water partition coefficient (Wildman–Crippen LogP) is 1.34. The number of nitrogens with two attached hydrogens (primary N) is 1. The summed E-state index contributed by atoms with van der Waals surface area (Å²) < 4.78 is 28.0. The molecule has 0 saturated carbocycles. The number of aryl methyl sites for hydroxylation is 1. The van der Waals surface area contributed by atoms with Crippen LogP contribution < -0.4 is 5.73 Å². The van der Waals surface area contributed by atoms with E-state index in [-0.39, 0.29) is 17.1 Å². The molecule has 126 valence electrons. The topological polar surface area (TPSA) is 89.7 Å². The first-order chi connectivity index (χ1) is 10.0. The quantitative estimate of drug-likeness (QED) is 0.638. The molecule has 0 spiro atoms. The molecule has 0 aromatic heterocycles. The minimum Gasteiger partial charge on any atom is -0.342 e. The van der Waals surface area contributed by atoms with Crippen LogP contribution in [0.15, 0.2) is 29.2 Å². The smallest absolute Gasteiger partial charge is 0.341 e. The van der Waals surface area contributed by atoms with E-state index in [1.165, 1.54) is 12.1 Å². The molecule has 0 bridgehead atoms. The van der Waals surface area contributed by atoms with Gasteiger partial charge in [-0.25, -0.2) is 0 Å². The third-order valence-electron chi connectivity index (χ3n) is 2.16. The van der Waals surface area contributed by atoms with Crippen molar-refractivity contribution in [2.24, 2.45) is 5.73 Å². The molecule has 6 nitrogen and oxygen atoms in total. The van der Waals surface area contributed by atoms with Gasteiger partial charge in [0.1, 0.15) is 4.90 Å². The van der Waals surface area contributed by atoms with E-state index in [0.717, 1.165) is 5.56 Å². The fourth-order valence-electron chi connectivity index (χ4n) is 1.27. The van der Waals surface area contributed by atoms with Gasteiger partial charge in [0.25, 0.3) is 0 Å². The molecule has 1 aromatic rings. The van der Waals surface area contributed by atoms with Gasteiger partial charge < -0.3 is 14.8 Å². The summed E-state index contributed by atoms with van der Waals surface area (Å²) in [6.07, 6.45) is 0.322. The van der Waals surface area contributed by atoms with E-state index in [9.17, 15) is 13.2 Å². The van der Waals surface area contributed by atoms with Gasteiger partial charge in [-0.3, -0.25) is 4.79 Å². The minimum atomic E-state index is -4.03. The van der Waals surface area contributed by atoms with Crippen molar-refractivity contribution in [3.05, 3.63) is 29.8 Å². The van der Waals surface area contributed by atoms with Crippen molar-refractivity contribution in [3.63, 3.8) is 0 Å². The molecule has 0 saturated heterocycles. The summed E-state index contributed by atoms with van der Waals surface area (Å²) in [6, 6.07) is 6.18. The van der Waals surface area contributed by atoms with E-state index in [2.05, 4.69) is 13.4 Å². The van der Waals surface area contributed by atoms with Gasteiger partial charge in [0.15, 0.2) is 0 Å². The molecular formula is C14H25N2O4PS. The monoisotopic (exact) mass is 348 g/mol. The number of hydrogen-bond donors (Lipinski definition) is 1. The van der Waals surface area contributed by atoms with Gasteiger partial charge in [0, 0.05) is 12.2 Å². The van der Waals surface area contributed by atoms with Gasteiger partial charge in [-0.15, -0.1) is 9.24 Å². The van der Waals surface area contributed by atoms with Crippen molar-refractivity contribution < 1.29 is 17.4 Å². The van der Waals surface area contributed by atoms with Gasteiger partial charge >= 0.3 is 16.1 Å². The van der Waals surface area contributed by atoms with E-state index >= 15 is 0 Å². The van der Waals surface area contributed by atoms with Crippen LogP contribution in [0.25, 0.3) is 0 Å². The standard InChI is InChI=1S/C11H16NO4PS.C3H9N/c1-8-3-2-4-9(7-8)18(14,15)16-11(13)6-5-10(12)17;1-4(2)3/h2-4,7,10H,5-6,12,17H2,1H3;1-3H3. The summed E-state index contributed by atoms with van der Waals surface area (Å²) in [7, 11) is 4.30. The number of hydrogen-bond acceptors (Lipinski definition) is 6. The van der Waals surface area contributed by atoms with Gasteiger partial charge in [-0.2, -0.15) is 8.42 Å². The van der Waals surface area contributed by atoms with Crippen LogP contribution >= 0.6 is 9.24 Å². The van der Waals surface area contributed by atoms with Crippen LogP contribution in [0.3, 0.4) is 0 Å². The Balaban J connectivity index is 0.000000980. The van der Waals surface area contributed by atoms with Gasteiger partial charge in [-0.1, -0.05) is 12.1 Å². The summed E-state index contributed by atoms with van der Waals surface area (Å²) in [6.45, 7) is 1.76. The number of nitrogens with zero attached hydrogens (tertiary/aromatic N) is 1. The SMILES string of the molecule is CN(C)C.Cc1cccc(S(=O)(=O)OC(=O)CCC(N)P)c1. The Morgan fingerprint density at radius 3 is 2.36 bits per heavy atom. The van der Waals surface area contributed by atoms with Crippen molar-refractivity contribution in [1.29, 1.82) is 0 Å². The second-order valence-corrected chi connectivity index (χ2v) is 7.67. The van der Waals surface area contributed by atoms with E-state index in [4.69, 9.17) is 5.73 Å². The summed E-state index contributed by atoms with van der Waals surface area (Å²) in [5, 5.41) is 0. The molecule has 2 atom stereocenters. The molecule has 0 radical (unpaired) electrons. The van der Waals surface area contributed by atoms with Crippen molar-refractivity contribution in [2.45, 2.75) is 30.4 Å². The van der Waals surface area contributed by atoms with Crippen molar-refractivity contribution in [1.82, 2.24) is 4.90 Å². The molecule has 2 unspecified atom stereocenters. The van der Waals surface area contributed by atoms with E-state index < -0.39 is 16.1 Å². The molecule has 2 N–H and O–H groups in total. The third kappa shape index (κ3) is 9.84. The fourth-order valence-corrected chi connectivity index (χ4v) is 2.43. The number of carbonyl (C=O) groups is 1. The third-order valence-corrected chi connectivity index (χ3v) is 3.73. The lowest BCUT2D eigenvalue weighted by molar-refractivity contribution is -0.133. The summed E-state index contributed by atoms with van der Waals surface area (Å²) in [4.78, 5) is 13.3. The van der Waals surface area contributed by atoms with Gasteiger partial charge in [0.2, 0.25) is 0 Å². The van der Waals surface area contributed by atoms with Crippen LogP contribution in [0.2, 0.25) is 0 Å². The van der Waals surface area contributed by atoms with E-state index in [1.807, 2.05) is 26.0 Å². The highest BCUT2D eigenvalue weighted by molar-refractivity contribution is 7.87. The Labute approximate surface area is 135 Å². The fraction of sp³-hybridized carbons (Fsp3) is 0.500. The predicted molar refractivity (Wildman–Crippen MR) is 91.0 cm³/mol. The highest BCUT2D eigenvalue weighted by Crippen LogP contribution is 2.15. The molecule has 0 aliphatic rings. The van der Waals surface area contributed by atoms with Gasteiger partial charge in [0.05, 0.1) is 0 Å². The van der Waals surface area contributed by atoms with Crippen LogP contribution in [0.5, 0.6) is 0 Å². The Morgan fingerprint density at radius 1 is 1.36 bits per heavy atom. The highest BCUT2D eigenvalue weighted by atomic mass is 32.2. The lowest BCUT2D eigenvalue weighted by atomic mass is 10.2. The first-order valence-electron chi connectivity index (χ1n) is 6.70. The summed E-state index contributed by atoms with van der Waals surface area (Å²) in [5.41, 5.74) is 6.22. The molecular weight excluding hydrogens is 323 g/mol. The summed E-state index contributed by atoms with van der Waals surface area (Å²) in [5.74, 6) is -1.05. The maximum atomic E-state index is 11.8. The summed E-state index contributed by atoms with van der Waals surface area (Å²) >= 11 is 0. The molecule has 0 aliphatic heterocycles. The Kier molecular flexibility index (Phi) is 9.44. The maximum absolute atomic E-state index is 11.8. The molecule has 0 heterocycles.